The first-order valence-electron chi connectivity index (χ1n) is 6.90. The molecule has 0 fully saturated rings. The van der Waals surface area contributed by atoms with E-state index in [1.54, 1.807) is 0 Å². The van der Waals surface area contributed by atoms with E-state index in [0.717, 1.165) is 25.0 Å². The third kappa shape index (κ3) is 4.11. The molecule has 0 amide bonds. The van der Waals surface area contributed by atoms with Crippen molar-refractivity contribution in [3.05, 3.63) is 35.6 Å². The van der Waals surface area contributed by atoms with Crippen LogP contribution in [0.15, 0.2) is 18.4 Å². The summed E-state index contributed by atoms with van der Waals surface area (Å²) in [6, 6.07) is 1.64. The molecular weight excluding hydrogens is 307 g/mol. The van der Waals surface area contributed by atoms with Crippen LogP contribution in [0.25, 0.3) is 5.57 Å². The summed E-state index contributed by atoms with van der Waals surface area (Å²) in [5, 5.41) is 0. The van der Waals surface area contributed by atoms with Gasteiger partial charge < -0.3 is 9.47 Å². The van der Waals surface area contributed by atoms with E-state index in [1.165, 1.54) is 6.26 Å². The van der Waals surface area contributed by atoms with Crippen LogP contribution >= 0.6 is 0 Å². The van der Waals surface area contributed by atoms with Crippen LogP contribution in [0.3, 0.4) is 0 Å². The molecule has 2 nitrogen and oxygen atoms in total. The predicted octanol–water partition coefficient (Wildman–Crippen LogP) is 5.18. The Morgan fingerprint density at radius 2 is 1.86 bits per heavy atom. The average Bonchev–Trinajstić information content (AvgIpc) is 2.43. The second-order valence-corrected chi connectivity index (χ2v) is 5.05. The molecule has 0 saturated carbocycles. The summed E-state index contributed by atoms with van der Waals surface area (Å²) in [5.74, 6) is -4.25. The number of halogens is 5. The molecule has 122 valence electrons. The highest BCUT2D eigenvalue weighted by molar-refractivity contribution is 5.66. The first kappa shape index (κ1) is 16.6. The molecule has 1 unspecified atom stereocenters. The Kier molecular flexibility index (Phi) is 4.93. The van der Waals surface area contributed by atoms with E-state index in [1.807, 2.05) is 6.92 Å². The van der Waals surface area contributed by atoms with E-state index < -0.39 is 23.7 Å². The summed E-state index contributed by atoms with van der Waals surface area (Å²) in [7, 11) is 0. The minimum absolute atomic E-state index is 0.0660. The molecule has 7 heteroatoms. The number of hydrogen-bond acceptors (Lipinski definition) is 2. The lowest BCUT2D eigenvalue weighted by Crippen LogP contribution is -2.19. The highest BCUT2D eigenvalue weighted by atomic mass is 19.4. The number of allylic oxidation sites excluding steroid dienone is 1. The van der Waals surface area contributed by atoms with Gasteiger partial charge in [-0.05, 0) is 42.5 Å². The van der Waals surface area contributed by atoms with Gasteiger partial charge in [0.25, 0.3) is 0 Å². The Labute approximate surface area is 124 Å². The fourth-order valence-electron chi connectivity index (χ4n) is 2.33. The van der Waals surface area contributed by atoms with Crippen LogP contribution < -0.4 is 4.74 Å². The molecule has 1 heterocycles. The molecule has 0 aliphatic carbocycles. The second kappa shape index (κ2) is 6.54. The van der Waals surface area contributed by atoms with E-state index in [2.05, 4.69) is 4.74 Å². The van der Waals surface area contributed by atoms with Crippen LogP contribution in [-0.2, 0) is 4.74 Å². The van der Waals surface area contributed by atoms with Crippen molar-refractivity contribution in [3.63, 3.8) is 0 Å². The van der Waals surface area contributed by atoms with Crippen molar-refractivity contribution in [1.29, 1.82) is 0 Å². The average molecular weight is 322 g/mol. The molecule has 0 N–H and O–H groups in total. The van der Waals surface area contributed by atoms with Gasteiger partial charge in [-0.2, -0.15) is 0 Å². The summed E-state index contributed by atoms with van der Waals surface area (Å²) in [6.45, 7) is 2.02. The summed E-state index contributed by atoms with van der Waals surface area (Å²) in [6.07, 6.45) is -0.583. The monoisotopic (exact) mass is 322 g/mol. The van der Waals surface area contributed by atoms with Gasteiger partial charge in [-0.1, -0.05) is 13.3 Å². The summed E-state index contributed by atoms with van der Waals surface area (Å²) >= 11 is 0. The number of benzene rings is 1. The fraction of sp³-hybridized carbons (Fsp3) is 0.467. The van der Waals surface area contributed by atoms with Crippen molar-refractivity contribution in [2.75, 3.05) is 0 Å². The summed E-state index contributed by atoms with van der Waals surface area (Å²) < 4.78 is 72.4. The van der Waals surface area contributed by atoms with Crippen molar-refractivity contribution in [2.45, 2.75) is 45.1 Å². The van der Waals surface area contributed by atoms with Gasteiger partial charge in [0.15, 0.2) is 11.6 Å². The number of alkyl halides is 3. The van der Waals surface area contributed by atoms with Crippen LogP contribution in [0.5, 0.6) is 5.75 Å². The van der Waals surface area contributed by atoms with Gasteiger partial charge >= 0.3 is 6.36 Å². The minimum Gasteiger partial charge on any atom is -0.498 e. The molecule has 0 saturated heterocycles. The van der Waals surface area contributed by atoms with Crippen molar-refractivity contribution in [1.82, 2.24) is 0 Å². The van der Waals surface area contributed by atoms with E-state index in [4.69, 9.17) is 4.74 Å². The normalized spacial score (nSPS) is 18.6. The Morgan fingerprint density at radius 1 is 1.23 bits per heavy atom. The van der Waals surface area contributed by atoms with Gasteiger partial charge in [0.2, 0.25) is 5.75 Å². The van der Waals surface area contributed by atoms with E-state index in [0.29, 0.717) is 18.4 Å². The van der Waals surface area contributed by atoms with Gasteiger partial charge in [-0.3, -0.25) is 0 Å². The van der Waals surface area contributed by atoms with Crippen LogP contribution in [0.4, 0.5) is 22.0 Å². The zero-order chi connectivity index (χ0) is 16.3. The second-order valence-electron chi connectivity index (χ2n) is 5.05. The lowest BCUT2D eigenvalue weighted by Gasteiger charge is -2.23. The predicted molar refractivity (Wildman–Crippen MR) is 70.0 cm³/mol. The van der Waals surface area contributed by atoms with E-state index in [9.17, 15) is 22.0 Å². The van der Waals surface area contributed by atoms with Gasteiger partial charge in [0, 0.05) is 0 Å². The first-order valence-corrected chi connectivity index (χ1v) is 6.90. The summed E-state index contributed by atoms with van der Waals surface area (Å²) in [4.78, 5) is 0. The van der Waals surface area contributed by atoms with Gasteiger partial charge in [0.05, 0.1) is 12.4 Å². The quantitative estimate of drug-likeness (QED) is 0.711. The minimum atomic E-state index is -5.15. The van der Waals surface area contributed by atoms with E-state index >= 15 is 0 Å². The number of rotatable bonds is 4. The van der Waals surface area contributed by atoms with Crippen LogP contribution in [0.1, 0.15) is 38.2 Å². The SMILES string of the molecule is CCCC1CCC(c2cc(F)c(OC(F)(F)F)c(F)c2)=CO1. The largest absolute Gasteiger partial charge is 0.573 e. The zero-order valence-electron chi connectivity index (χ0n) is 11.8. The molecule has 2 rings (SSSR count). The fourth-order valence-corrected chi connectivity index (χ4v) is 2.33. The highest BCUT2D eigenvalue weighted by Crippen LogP contribution is 2.34. The molecule has 0 bridgehead atoms. The Morgan fingerprint density at radius 3 is 2.32 bits per heavy atom. The maximum absolute atomic E-state index is 13.7. The van der Waals surface area contributed by atoms with Crippen molar-refractivity contribution >= 4 is 5.57 Å². The van der Waals surface area contributed by atoms with Gasteiger partial charge in [-0.25, -0.2) is 8.78 Å². The van der Waals surface area contributed by atoms with Gasteiger partial charge in [0.1, 0.15) is 0 Å². The Hall–Kier alpha value is -1.79. The number of ether oxygens (including phenoxy) is 2. The molecule has 0 radical (unpaired) electrons. The molecule has 1 aliphatic rings. The molecule has 1 aromatic rings. The van der Waals surface area contributed by atoms with Crippen LogP contribution in [-0.4, -0.2) is 12.5 Å². The third-order valence-electron chi connectivity index (χ3n) is 3.34. The standard InChI is InChI=1S/C15H15F5O2/c1-2-3-11-5-4-9(8-21-11)10-6-12(16)14(13(17)7-10)22-15(18,19)20/h6-8,11H,2-5H2,1H3. The maximum Gasteiger partial charge on any atom is 0.573 e. The zero-order valence-corrected chi connectivity index (χ0v) is 11.8. The topological polar surface area (TPSA) is 18.5 Å². The molecule has 1 aromatic carbocycles. The molecule has 0 spiro atoms. The summed E-state index contributed by atoms with van der Waals surface area (Å²) in [5.41, 5.74) is 0.697. The molecule has 1 aliphatic heterocycles. The number of hydrogen-bond donors (Lipinski definition) is 0. The molecule has 22 heavy (non-hydrogen) atoms. The van der Waals surface area contributed by atoms with Crippen molar-refractivity contribution in [2.24, 2.45) is 0 Å². The Bertz CT molecular complexity index is 543. The molecule has 0 aromatic heterocycles. The van der Waals surface area contributed by atoms with Crippen LogP contribution in [0, 0.1) is 11.6 Å². The highest BCUT2D eigenvalue weighted by Gasteiger charge is 2.34. The third-order valence-corrected chi connectivity index (χ3v) is 3.34. The van der Waals surface area contributed by atoms with Crippen LogP contribution in [0.2, 0.25) is 0 Å². The van der Waals surface area contributed by atoms with Crippen molar-refractivity contribution < 1.29 is 31.4 Å². The smallest absolute Gasteiger partial charge is 0.498 e. The van der Waals surface area contributed by atoms with E-state index in [-0.39, 0.29) is 11.7 Å². The van der Waals surface area contributed by atoms with Crippen molar-refractivity contribution in [3.8, 4) is 5.75 Å². The maximum atomic E-state index is 13.7. The molecular formula is C15H15F5O2. The lowest BCUT2D eigenvalue weighted by atomic mass is 9.97. The lowest BCUT2D eigenvalue weighted by molar-refractivity contribution is -0.276. The molecule has 1 atom stereocenters. The first-order chi connectivity index (χ1) is 10.3. The van der Waals surface area contributed by atoms with Gasteiger partial charge in [-0.15, -0.1) is 13.2 Å². The Balaban J connectivity index is 2.20.